The van der Waals surface area contributed by atoms with Crippen LogP contribution in [0.4, 0.5) is 0 Å². The van der Waals surface area contributed by atoms with Gasteiger partial charge in [-0.2, -0.15) is 0 Å². The minimum absolute atomic E-state index is 0.0111. The predicted molar refractivity (Wildman–Crippen MR) is 86.1 cm³/mol. The third kappa shape index (κ3) is 4.55. The molecule has 0 spiro atoms. The monoisotopic (exact) mass is 324 g/mol. The molecule has 0 bridgehead atoms. The fourth-order valence-corrected chi connectivity index (χ4v) is 3.11. The van der Waals surface area contributed by atoms with Gasteiger partial charge in [0, 0.05) is 19.0 Å². The lowest BCUT2D eigenvalue weighted by Gasteiger charge is -2.19. The van der Waals surface area contributed by atoms with E-state index in [0.29, 0.717) is 6.54 Å². The van der Waals surface area contributed by atoms with Gasteiger partial charge in [-0.25, -0.2) is 13.1 Å². The van der Waals surface area contributed by atoms with Gasteiger partial charge in [-0.3, -0.25) is 4.79 Å². The van der Waals surface area contributed by atoms with Crippen LogP contribution >= 0.6 is 0 Å². The molecule has 1 saturated carbocycles. The summed E-state index contributed by atoms with van der Waals surface area (Å²) in [5, 5.41) is 2.73. The van der Waals surface area contributed by atoms with E-state index in [4.69, 9.17) is 0 Å². The van der Waals surface area contributed by atoms with Crippen LogP contribution in [0.15, 0.2) is 29.2 Å². The molecule has 0 unspecified atom stereocenters. The summed E-state index contributed by atoms with van der Waals surface area (Å²) in [6.45, 7) is 6.75. The van der Waals surface area contributed by atoms with Gasteiger partial charge in [-0.05, 0) is 36.0 Å². The zero-order valence-electron chi connectivity index (χ0n) is 13.3. The molecule has 1 amide bonds. The van der Waals surface area contributed by atoms with Gasteiger partial charge in [0.05, 0.1) is 4.90 Å². The molecule has 0 aromatic heterocycles. The smallest absolute Gasteiger partial charge is 0.240 e. The molecule has 1 aliphatic carbocycles. The summed E-state index contributed by atoms with van der Waals surface area (Å²) in [4.78, 5) is 11.7. The molecule has 0 atom stereocenters. The second-order valence-corrected chi connectivity index (χ2v) is 8.50. The van der Waals surface area contributed by atoms with E-state index in [-0.39, 0.29) is 28.7 Å². The van der Waals surface area contributed by atoms with E-state index in [0.717, 1.165) is 18.4 Å². The van der Waals surface area contributed by atoms with Crippen LogP contribution in [0.3, 0.4) is 0 Å². The van der Waals surface area contributed by atoms with Crippen molar-refractivity contribution in [2.45, 2.75) is 43.9 Å². The highest BCUT2D eigenvalue weighted by atomic mass is 32.2. The van der Waals surface area contributed by atoms with Crippen molar-refractivity contribution in [3.8, 4) is 0 Å². The van der Waals surface area contributed by atoms with Crippen molar-refractivity contribution in [3.63, 3.8) is 0 Å². The van der Waals surface area contributed by atoms with Gasteiger partial charge in [0.15, 0.2) is 0 Å². The Balaban J connectivity index is 1.88. The van der Waals surface area contributed by atoms with Crippen LogP contribution in [-0.2, 0) is 20.2 Å². The van der Waals surface area contributed by atoms with E-state index < -0.39 is 10.0 Å². The number of carbonyl (C=O) groups is 1. The van der Waals surface area contributed by atoms with Crippen LogP contribution in [0.2, 0.25) is 0 Å². The first-order valence-electron chi connectivity index (χ1n) is 7.58. The average Bonchev–Trinajstić information content (AvgIpc) is 3.27. The maximum atomic E-state index is 12.2. The van der Waals surface area contributed by atoms with E-state index in [9.17, 15) is 13.2 Å². The van der Waals surface area contributed by atoms with E-state index in [1.54, 1.807) is 12.1 Å². The topological polar surface area (TPSA) is 75.3 Å². The molecule has 0 heterocycles. The number of hydrogen-bond acceptors (Lipinski definition) is 3. The average molecular weight is 324 g/mol. The summed E-state index contributed by atoms with van der Waals surface area (Å²) >= 11 is 0. The Bertz CT molecular complexity index is 626. The molecule has 122 valence electrons. The van der Waals surface area contributed by atoms with E-state index in [1.165, 1.54) is 0 Å². The Morgan fingerprint density at radius 2 is 1.73 bits per heavy atom. The number of carbonyl (C=O) groups excluding carboxylic acids is 1. The van der Waals surface area contributed by atoms with Crippen LogP contribution in [0.25, 0.3) is 0 Å². The Kier molecular flexibility index (Phi) is 4.92. The molecule has 6 heteroatoms. The van der Waals surface area contributed by atoms with Crippen molar-refractivity contribution in [1.82, 2.24) is 10.0 Å². The van der Waals surface area contributed by atoms with E-state index in [1.807, 2.05) is 12.1 Å². The summed E-state index contributed by atoms with van der Waals surface area (Å²) < 4.78 is 26.8. The van der Waals surface area contributed by atoms with Crippen molar-refractivity contribution >= 4 is 15.9 Å². The van der Waals surface area contributed by atoms with Crippen LogP contribution in [0.1, 0.15) is 39.2 Å². The van der Waals surface area contributed by atoms with Gasteiger partial charge in [-0.1, -0.05) is 32.9 Å². The Morgan fingerprint density at radius 3 is 2.23 bits per heavy atom. The first kappa shape index (κ1) is 17.0. The Morgan fingerprint density at radius 1 is 1.14 bits per heavy atom. The predicted octanol–water partition coefficient (Wildman–Crippen LogP) is 1.79. The first-order valence-corrected chi connectivity index (χ1v) is 9.06. The maximum absolute atomic E-state index is 12.2. The van der Waals surface area contributed by atoms with Gasteiger partial charge in [-0.15, -0.1) is 0 Å². The van der Waals surface area contributed by atoms with Crippen molar-refractivity contribution in [2.24, 2.45) is 5.92 Å². The Hall–Kier alpha value is -1.40. The summed E-state index contributed by atoms with van der Waals surface area (Å²) in [5.41, 5.74) is 1.08. The van der Waals surface area contributed by atoms with Crippen molar-refractivity contribution in [1.29, 1.82) is 0 Å². The zero-order valence-corrected chi connectivity index (χ0v) is 14.2. The maximum Gasteiger partial charge on any atom is 0.240 e. The molecule has 1 aromatic rings. The molecule has 2 rings (SSSR count). The lowest BCUT2D eigenvalue weighted by molar-refractivity contribution is -0.122. The number of sulfonamides is 1. The highest BCUT2D eigenvalue weighted by molar-refractivity contribution is 7.89. The van der Waals surface area contributed by atoms with Crippen molar-refractivity contribution in [2.75, 3.05) is 13.1 Å². The van der Waals surface area contributed by atoms with Crippen LogP contribution in [-0.4, -0.2) is 27.4 Å². The molecular formula is C16H24N2O3S. The molecule has 2 N–H and O–H groups in total. The molecule has 1 fully saturated rings. The summed E-state index contributed by atoms with van der Waals surface area (Å²) in [5.74, 6) is 0.162. The number of benzene rings is 1. The normalized spacial score (nSPS) is 15.6. The second kappa shape index (κ2) is 6.38. The lowest BCUT2D eigenvalue weighted by Crippen LogP contribution is -2.35. The molecule has 5 nitrogen and oxygen atoms in total. The second-order valence-electron chi connectivity index (χ2n) is 6.74. The van der Waals surface area contributed by atoms with Gasteiger partial charge in [0.2, 0.25) is 15.9 Å². The van der Waals surface area contributed by atoms with Crippen LogP contribution in [0.5, 0.6) is 0 Å². The number of nitrogens with one attached hydrogen (secondary N) is 2. The Labute approximate surface area is 132 Å². The fourth-order valence-electron chi connectivity index (χ4n) is 2.08. The van der Waals surface area contributed by atoms with E-state index in [2.05, 4.69) is 30.8 Å². The highest BCUT2D eigenvalue weighted by Crippen LogP contribution is 2.28. The molecule has 22 heavy (non-hydrogen) atoms. The highest BCUT2D eigenvalue weighted by Gasteiger charge is 2.29. The molecule has 0 saturated heterocycles. The number of rotatable bonds is 6. The summed E-state index contributed by atoms with van der Waals surface area (Å²) in [6, 6.07) is 6.91. The number of amides is 1. The number of hydrogen-bond donors (Lipinski definition) is 2. The van der Waals surface area contributed by atoms with Crippen molar-refractivity contribution in [3.05, 3.63) is 29.8 Å². The third-order valence-corrected chi connectivity index (χ3v) is 5.17. The largest absolute Gasteiger partial charge is 0.355 e. The lowest BCUT2D eigenvalue weighted by atomic mass is 9.87. The van der Waals surface area contributed by atoms with Crippen molar-refractivity contribution < 1.29 is 13.2 Å². The summed E-state index contributed by atoms with van der Waals surface area (Å²) in [7, 11) is -3.53. The molecular weight excluding hydrogens is 300 g/mol. The molecule has 0 aliphatic heterocycles. The van der Waals surface area contributed by atoms with Gasteiger partial charge in [0.1, 0.15) is 0 Å². The summed E-state index contributed by atoms with van der Waals surface area (Å²) in [6.07, 6.45) is 1.88. The first-order chi connectivity index (χ1) is 10.2. The fraction of sp³-hybridized carbons (Fsp3) is 0.562. The standard InChI is InChI=1S/C16H24N2O3S/c1-16(2,3)13-6-8-14(9-7-13)22(20,21)18-11-10-17-15(19)12-4-5-12/h6-9,12,18H,4-5,10-11H2,1-3H3,(H,17,19). The third-order valence-electron chi connectivity index (χ3n) is 3.70. The SMILES string of the molecule is CC(C)(C)c1ccc(S(=O)(=O)NCCNC(=O)C2CC2)cc1. The van der Waals surface area contributed by atoms with Crippen LogP contribution in [0, 0.1) is 5.92 Å². The minimum Gasteiger partial charge on any atom is -0.355 e. The van der Waals surface area contributed by atoms with Gasteiger partial charge in [0.25, 0.3) is 0 Å². The molecule has 0 radical (unpaired) electrons. The zero-order chi connectivity index (χ0) is 16.4. The van der Waals surface area contributed by atoms with E-state index >= 15 is 0 Å². The van der Waals surface area contributed by atoms with Gasteiger partial charge < -0.3 is 5.32 Å². The van der Waals surface area contributed by atoms with Crippen LogP contribution < -0.4 is 10.0 Å². The minimum atomic E-state index is -3.53. The molecule has 1 aromatic carbocycles. The molecule has 1 aliphatic rings. The quantitative estimate of drug-likeness (QED) is 0.783. The van der Waals surface area contributed by atoms with Gasteiger partial charge >= 0.3 is 0 Å².